The third-order valence-electron chi connectivity index (χ3n) is 4.25. The van der Waals surface area contributed by atoms with Crippen LogP contribution in [0.25, 0.3) is 6.08 Å². The molecule has 3 rings (SSSR count). The first-order valence-electron chi connectivity index (χ1n) is 8.09. The fourth-order valence-electron chi connectivity index (χ4n) is 2.88. The van der Waals surface area contributed by atoms with Crippen LogP contribution in [0.2, 0.25) is 5.02 Å². The van der Waals surface area contributed by atoms with Crippen LogP contribution in [-0.4, -0.2) is 66.8 Å². The highest BCUT2D eigenvalue weighted by molar-refractivity contribution is 6.30. The lowest BCUT2D eigenvalue weighted by atomic mass is 10.1. The summed E-state index contributed by atoms with van der Waals surface area (Å²) in [6.07, 6.45) is 5.41. The largest absolute Gasteiger partial charge is 0.488 e. The third kappa shape index (κ3) is 4.17. The Balaban J connectivity index is 1.59. The second-order valence-electron chi connectivity index (χ2n) is 5.91. The van der Waals surface area contributed by atoms with E-state index in [0.717, 1.165) is 30.0 Å². The number of halogens is 1. The van der Waals surface area contributed by atoms with Crippen molar-refractivity contribution in [1.82, 2.24) is 9.80 Å². The van der Waals surface area contributed by atoms with Crippen LogP contribution < -0.4 is 4.74 Å². The number of aliphatic hydroxyl groups is 1. The summed E-state index contributed by atoms with van der Waals surface area (Å²) < 4.78 is 5.68. The number of hydrogen-bond donors (Lipinski definition) is 1. The Morgan fingerprint density at radius 3 is 2.83 bits per heavy atom. The van der Waals surface area contributed by atoms with Gasteiger partial charge in [-0.2, -0.15) is 0 Å². The van der Waals surface area contributed by atoms with Crippen molar-refractivity contribution < 1.29 is 14.6 Å². The second-order valence-corrected chi connectivity index (χ2v) is 6.35. The molecule has 0 saturated carbocycles. The Bertz CT molecular complexity index is 664. The van der Waals surface area contributed by atoms with Crippen LogP contribution in [0, 0.1) is 0 Å². The maximum absolute atomic E-state index is 12.3. The van der Waals surface area contributed by atoms with Crippen LogP contribution in [0.3, 0.4) is 0 Å². The summed E-state index contributed by atoms with van der Waals surface area (Å²) in [6, 6.07) is 5.51. The molecule has 0 bridgehead atoms. The predicted molar refractivity (Wildman–Crippen MR) is 94.2 cm³/mol. The number of hydrogen-bond acceptors (Lipinski definition) is 4. The van der Waals surface area contributed by atoms with Gasteiger partial charge >= 0.3 is 0 Å². The van der Waals surface area contributed by atoms with Gasteiger partial charge in [-0.05, 0) is 29.8 Å². The fourth-order valence-corrected chi connectivity index (χ4v) is 3.06. The zero-order valence-electron chi connectivity index (χ0n) is 13.4. The molecule has 2 aliphatic rings. The number of ether oxygens (including phenoxy) is 1. The summed E-state index contributed by atoms with van der Waals surface area (Å²) >= 11 is 6.00. The number of aliphatic hydroxyl groups excluding tert-OH is 1. The van der Waals surface area contributed by atoms with Gasteiger partial charge in [-0.15, -0.1) is 0 Å². The minimum absolute atomic E-state index is 0.0106. The number of carbonyl (C=O) groups excluding carboxylic acids is 1. The highest BCUT2D eigenvalue weighted by atomic mass is 35.5. The van der Waals surface area contributed by atoms with E-state index in [-0.39, 0.29) is 12.5 Å². The number of fused-ring (bicyclic) bond motifs is 1. The number of amides is 1. The molecule has 0 unspecified atom stereocenters. The van der Waals surface area contributed by atoms with Crippen molar-refractivity contribution in [2.75, 3.05) is 45.9 Å². The van der Waals surface area contributed by atoms with Gasteiger partial charge in [-0.25, -0.2) is 0 Å². The molecular formula is C18H21ClN2O3. The molecule has 0 aromatic heterocycles. The first-order valence-corrected chi connectivity index (χ1v) is 8.46. The molecular weight excluding hydrogens is 328 g/mol. The first-order chi connectivity index (χ1) is 11.7. The van der Waals surface area contributed by atoms with Crippen molar-refractivity contribution in [2.45, 2.75) is 0 Å². The van der Waals surface area contributed by atoms with Gasteiger partial charge < -0.3 is 14.7 Å². The van der Waals surface area contributed by atoms with Crippen LogP contribution >= 0.6 is 11.6 Å². The van der Waals surface area contributed by atoms with E-state index < -0.39 is 0 Å². The number of β-amino-alcohol motifs (C(OH)–C–C–N with tert-alkyl or cyclic N) is 1. The van der Waals surface area contributed by atoms with Crippen molar-refractivity contribution >= 4 is 23.6 Å². The van der Waals surface area contributed by atoms with Crippen LogP contribution in [0.15, 0.2) is 35.9 Å². The summed E-state index contributed by atoms with van der Waals surface area (Å²) in [6.45, 7) is 4.27. The van der Waals surface area contributed by atoms with Crippen molar-refractivity contribution in [1.29, 1.82) is 0 Å². The summed E-state index contributed by atoms with van der Waals surface area (Å²) in [4.78, 5) is 16.3. The minimum atomic E-state index is 0.0106. The topological polar surface area (TPSA) is 53.0 Å². The van der Waals surface area contributed by atoms with Crippen LogP contribution in [0.5, 0.6) is 5.75 Å². The van der Waals surface area contributed by atoms with E-state index in [1.807, 2.05) is 29.2 Å². The zero-order chi connectivity index (χ0) is 16.9. The summed E-state index contributed by atoms with van der Waals surface area (Å²) in [5.41, 5.74) is 1.87. The van der Waals surface area contributed by atoms with Gasteiger partial charge in [-0.1, -0.05) is 17.7 Å². The van der Waals surface area contributed by atoms with E-state index >= 15 is 0 Å². The Labute approximate surface area is 146 Å². The normalized spacial score (nSPS) is 18.2. The molecule has 24 heavy (non-hydrogen) atoms. The van der Waals surface area contributed by atoms with Crippen molar-refractivity contribution in [3.05, 3.63) is 46.5 Å². The highest BCUT2D eigenvalue weighted by Gasteiger charge is 2.19. The van der Waals surface area contributed by atoms with Crippen LogP contribution in [-0.2, 0) is 4.79 Å². The number of nitrogens with zero attached hydrogens (tertiary/aromatic N) is 2. The van der Waals surface area contributed by atoms with Crippen molar-refractivity contribution in [2.24, 2.45) is 0 Å². The Morgan fingerprint density at radius 1 is 1.29 bits per heavy atom. The lowest BCUT2D eigenvalue weighted by molar-refractivity contribution is -0.127. The maximum atomic E-state index is 12.3. The Hall–Kier alpha value is -1.82. The molecule has 0 atom stereocenters. The standard InChI is InChI=1S/C18H21ClN2O3/c19-16-2-3-17-15(12-16)11-14(13-24-17)1-4-18(23)21-7-5-20(6-8-21)9-10-22/h1-4,11-12,22H,5-10,13H2/b4-1+. The van der Waals surface area contributed by atoms with Gasteiger partial charge in [0, 0.05) is 49.4 Å². The Morgan fingerprint density at radius 2 is 2.08 bits per heavy atom. The molecule has 5 nitrogen and oxygen atoms in total. The SMILES string of the molecule is O=C(/C=C/C1=Cc2cc(Cl)ccc2OC1)N1CCN(CCO)CC1. The maximum Gasteiger partial charge on any atom is 0.246 e. The average Bonchev–Trinajstić information content (AvgIpc) is 2.60. The zero-order valence-corrected chi connectivity index (χ0v) is 14.2. The van der Waals surface area contributed by atoms with Gasteiger partial charge in [0.05, 0.1) is 6.61 Å². The number of piperazine rings is 1. The molecule has 1 N–H and O–H groups in total. The fraction of sp³-hybridized carbons (Fsp3) is 0.389. The molecule has 1 saturated heterocycles. The molecule has 2 heterocycles. The minimum Gasteiger partial charge on any atom is -0.488 e. The molecule has 0 aliphatic carbocycles. The molecule has 1 fully saturated rings. The molecule has 1 aromatic carbocycles. The second kappa shape index (κ2) is 7.83. The molecule has 0 spiro atoms. The lowest BCUT2D eigenvalue weighted by Crippen LogP contribution is -2.48. The highest BCUT2D eigenvalue weighted by Crippen LogP contribution is 2.29. The van der Waals surface area contributed by atoms with Gasteiger partial charge in [0.2, 0.25) is 5.91 Å². The molecule has 1 amide bonds. The summed E-state index contributed by atoms with van der Waals surface area (Å²) in [5, 5.41) is 9.61. The van der Waals surface area contributed by atoms with Crippen LogP contribution in [0.4, 0.5) is 0 Å². The van der Waals surface area contributed by atoms with Gasteiger partial charge in [0.25, 0.3) is 0 Å². The van der Waals surface area contributed by atoms with Crippen molar-refractivity contribution in [3.8, 4) is 5.75 Å². The summed E-state index contributed by atoms with van der Waals surface area (Å²) in [5.74, 6) is 0.819. The Kier molecular flexibility index (Phi) is 5.56. The van der Waals surface area contributed by atoms with E-state index in [9.17, 15) is 4.79 Å². The number of benzene rings is 1. The molecule has 1 aromatic rings. The van der Waals surface area contributed by atoms with Gasteiger partial charge in [-0.3, -0.25) is 9.69 Å². The van der Waals surface area contributed by atoms with Crippen LogP contribution in [0.1, 0.15) is 5.56 Å². The number of rotatable bonds is 4. The quantitative estimate of drug-likeness (QED) is 0.843. The first kappa shape index (κ1) is 17.0. The van der Waals surface area contributed by atoms with Crippen molar-refractivity contribution in [3.63, 3.8) is 0 Å². The van der Waals surface area contributed by atoms with E-state index in [1.165, 1.54) is 0 Å². The van der Waals surface area contributed by atoms with Gasteiger partial charge in [0.1, 0.15) is 12.4 Å². The summed E-state index contributed by atoms with van der Waals surface area (Å²) in [7, 11) is 0. The number of carbonyl (C=O) groups is 1. The van der Waals surface area contributed by atoms with E-state index in [4.69, 9.17) is 21.4 Å². The van der Waals surface area contributed by atoms with Gasteiger partial charge in [0.15, 0.2) is 0 Å². The lowest BCUT2D eigenvalue weighted by Gasteiger charge is -2.33. The van der Waals surface area contributed by atoms with E-state index in [2.05, 4.69) is 4.90 Å². The predicted octanol–water partition coefficient (Wildman–Crippen LogP) is 1.81. The monoisotopic (exact) mass is 348 g/mol. The van der Waals surface area contributed by atoms with E-state index in [0.29, 0.717) is 31.3 Å². The molecule has 2 aliphatic heterocycles. The smallest absolute Gasteiger partial charge is 0.246 e. The average molecular weight is 349 g/mol. The third-order valence-corrected chi connectivity index (χ3v) is 4.48. The van der Waals surface area contributed by atoms with E-state index in [1.54, 1.807) is 12.1 Å². The molecule has 0 radical (unpaired) electrons. The molecule has 6 heteroatoms. The molecule has 128 valence electrons.